The van der Waals surface area contributed by atoms with Crippen molar-refractivity contribution >= 4 is 22.8 Å². The standard InChI is InChI=1S/C24H28N10O2/c1-31-22-18(14-28-31)23(27-16-26-22)34-12-10-33(11-13-34)20(35)15-32-8-5-17(6-9-32)24-29-21(30-36-24)19-4-2-3-7-25-19/h2-4,7,14,16-17H,5-6,8-13,15H2,1H3. The molecule has 0 aliphatic carbocycles. The van der Waals surface area contributed by atoms with Crippen LogP contribution in [0.15, 0.2) is 41.4 Å². The van der Waals surface area contributed by atoms with E-state index in [1.54, 1.807) is 23.4 Å². The van der Waals surface area contributed by atoms with Crippen molar-refractivity contribution in [2.45, 2.75) is 18.8 Å². The molecule has 1 amide bonds. The molecule has 186 valence electrons. The number of pyridine rings is 1. The average molecular weight is 489 g/mol. The van der Waals surface area contributed by atoms with Crippen LogP contribution in [0.2, 0.25) is 0 Å². The zero-order chi connectivity index (χ0) is 24.5. The third-order valence-corrected chi connectivity index (χ3v) is 7.07. The summed E-state index contributed by atoms with van der Waals surface area (Å²) in [6.07, 6.45) is 6.88. The molecule has 4 aromatic heterocycles. The molecule has 2 aliphatic heterocycles. The van der Waals surface area contributed by atoms with Gasteiger partial charge in [0.25, 0.3) is 0 Å². The van der Waals surface area contributed by atoms with Crippen LogP contribution in [0.25, 0.3) is 22.6 Å². The van der Waals surface area contributed by atoms with Crippen LogP contribution in [0.5, 0.6) is 0 Å². The van der Waals surface area contributed by atoms with Gasteiger partial charge in [0.2, 0.25) is 17.6 Å². The molecule has 0 saturated carbocycles. The molecule has 2 fully saturated rings. The van der Waals surface area contributed by atoms with Crippen molar-refractivity contribution in [3.8, 4) is 11.5 Å². The molecule has 6 rings (SSSR count). The fourth-order valence-electron chi connectivity index (χ4n) is 5.00. The topological polar surface area (TPSA) is 122 Å². The Kier molecular flexibility index (Phi) is 6.01. The number of carbonyl (C=O) groups excluding carboxylic acids is 1. The first kappa shape index (κ1) is 22.5. The maximum atomic E-state index is 13.0. The van der Waals surface area contributed by atoms with Gasteiger partial charge in [0.05, 0.1) is 18.1 Å². The Bertz CT molecular complexity index is 1340. The van der Waals surface area contributed by atoms with Gasteiger partial charge < -0.3 is 14.3 Å². The van der Waals surface area contributed by atoms with Crippen LogP contribution >= 0.6 is 0 Å². The Morgan fingerprint density at radius 1 is 1.06 bits per heavy atom. The number of hydrogen-bond acceptors (Lipinski definition) is 10. The number of likely N-dealkylation sites (tertiary alicyclic amines) is 1. The number of nitrogens with zero attached hydrogens (tertiary/aromatic N) is 10. The summed E-state index contributed by atoms with van der Waals surface area (Å²) >= 11 is 0. The van der Waals surface area contributed by atoms with Crippen molar-refractivity contribution in [3.05, 3.63) is 42.8 Å². The lowest BCUT2D eigenvalue weighted by molar-refractivity contribution is -0.133. The van der Waals surface area contributed by atoms with E-state index in [1.807, 2.05) is 30.1 Å². The van der Waals surface area contributed by atoms with Crippen molar-refractivity contribution in [2.75, 3.05) is 50.7 Å². The smallest absolute Gasteiger partial charge is 0.236 e. The minimum atomic E-state index is 0.178. The van der Waals surface area contributed by atoms with Crippen molar-refractivity contribution in [2.24, 2.45) is 7.05 Å². The second-order valence-corrected chi connectivity index (χ2v) is 9.29. The molecule has 12 nitrogen and oxygen atoms in total. The predicted octanol–water partition coefficient (Wildman–Crippen LogP) is 1.34. The minimum absolute atomic E-state index is 0.178. The molecule has 0 bridgehead atoms. The van der Waals surface area contributed by atoms with Gasteiger partial charge in [-0.3, -0.25) is 19.4 Å². The van der Waals surface area contributed by atoms with Gasteiger partial charge in [-0.05, 0) is 38.1 Å². The first-order valence-corrected chi connectivity index (χ1v) is 12.3. The third-order valence-electron chi connectivity index (χ3n) is 7.07. The SMILES string of the molecule is Cn1ncc2c(N3CCN(C(=O)CN4CCC(c5nc(-c6ccccn6)no5)CC4)CC3)ncnc21. The summed E-state index contributed by atoms with van der Waals surface area (Å²) in [5.41, 5.74) is 1.52. The highest BCUT2D eigenvalue weighted by Gasteiger charge is 2.29. The van der Waals surface area contributed by atoms with Gasteiger partial charge in [-0.2, -0.15) is 10.1 Å². The van der Waals surface area contributed by atoms with E-state index >= 15 is 0 Å². The summed E-state index contributed by atoms with van der Waals surface area (Å²) in [4.78, 5) is 37.1. The Morgan fingerprint density at radius 3 is 2.67 bits per heavy atom. The molecule has 36 heavy (non-hydrogen) atoms. The molecule has 12 heteroatoms. The number of fused-ring (bicyclic) bond motifs is 1. The van der Waals surface area contributed by atoms with E-state index in [0.29, 0.717) is 37.0 Å². The molecule has 0 spiro atoms. The van der Waals surface area contributed by atoms with Crippen LogP contribution in [0.1, 0.15) is 24.7 Å². The highest BCUT2D eigenvalue weighted by Crippen LogP contribution is 2.28. The van der Waals surface area contributed by atoms with E-state index in [0.717, 1.165) is 55.9 Å². The van der Waals surface area contributed by atoms with Gasteiger partial charge in [0.15, 0.2) is 5.65 Å². The van der Waals surface area contributed by atoms with Crippen LogP contribution in [0, 0.1) is 0 Å². The quantitative estimate of drug-likeness (QED) is 0.407. The number of amides is 1. The van der Waals surface area contributed by atoms with Gasteiger partial charge in [0.1, 0.15) is 17.8 Å². The van der Waals surface area contributed by atoms with E-state index in [2.05, 4.69) is 40.0 Å². The Labute approximate surface area is 207 Å². The molecular formula is C24H28N10O2. The van der Waals surface area contributed by atoms with Gasteiger partial charge in [-0.15, -0.1) is 0 Å². The lowest BCUT2D eigenvalue weighted by atomic mass is 9.97. The third kappa shape index (κ3) is 4.39. The van der Waals surface area contributed by atoms with Crippen LogP contribution in [0.3, 0.4) is 0 Å². The number of piperazine rings is 1. The molecule has 6 heterocycles. The zero-order valence-electron chi connectivity index (χ0n) is 20.2. The summed E-state index contributed by atoms with van der Waals surface area (Å²) in [5, 5.41) is 9.34. The Hall–Kier alpha value is -3.93. The van der Waals surface area contributed by atoms with Crippen molar-refractivity contribution in [1.29, 1.82) is 0 Å². The molecule has 0 aromatic carbocycles. The maximum Gasteiger partial charge on any atom is 0.236 e. The summed E-state index contributed by atoms with van der Waals surface area (Å²) in [5.74, 6) is 2.45. The molecule has 0 unspecified atom stereocenters. The fourth-order valence-corrected chi connectivity index (χ4v) is 5.00. The number of piperidine rings is 1. The van der Waals surface area contributed by atoms with Crippen LogP contribution in [-0.2, 0) is 11.8 Å². The van der Waals surface area contributed by atoms with E-state index in [4.69, 9.17) is 4.52 Å². The molecule has 0 radical (unpaired) electrons. The highest BCUT2D eigenvalue weighted by molar-refractivity contribution is 5.87. The molecule has 0 N–H and O–H groups in total. The molecule has 2 aliphatic rings. The van der Waals surface area contributed by atoms with Crippen LogP contribution in [-0.4, -0.2) is 96.4 Å². The van der Waals surface area contributed by atoms with Crippen LogP contribution < -0.4 is 4.90 Å². The number of anilines is 1. The molecule has 0 atom stereocenters. The van der Waals surface area contributed by atoms with Crippen molar-refractivity contribution < 1.29 is 9.32 Å². The fraction of sp³-hybridized carbons (Fsp3) is 0.458. The lowest BCUT2D eigenvalue weighted by Crippen LogP contribution is -2.52. The predicted molar refractivity (Wildman–Crippen MR) is 131 cm³/mol. The van der Waals surface area contributed by atoms with Gasteiger partial charge in [-0.1, -0.05) is 11.2 Å². The van der Waals surface area contributed by atoms with Crippen molar-refractivity contribution in [1.82, 2.24) is 44.7 Å². The minimum Gasteiger partial charge on any atom is -0.352 e. The van der Waals surface area contributed by atoms with Gasteiger partial charge in [-0.25, -0.2) is 9.97 Å². The van der Waals surface area contributed by atoms with Gasteiger partial charge in [0, 0.05) is 45.3 Å². The first-order valence-electron chi connectivity index (χ1n) is 12.3. The molecule has 2 saturated heterocycles. The highest BCUT2D eigenvalue weighted by atomic mass is 16.5. The largest absolute Gasteiger partial charge is 0.352 e. The van der Waals surface area contributed by atoms with Crippen LogP contribution in [0.4, 0.5) is 5.82 Å². The van der Waals surface area contributed by atoms with Gasteiger partial charge >= 0.3 is 0 Å². The Balaban J connectivity index is 0.996. The van der Waals surface area contributed by atoms with E-state index in [-0.39, 0.29) is 11.8 Å². The number of hydrogen-bond donors (Lipinski definition) is 0. The second-order valence-electron chi connectivity index (χ2n) is 9.29. The number of carbonyl (C=O) groups is 1. The zero-order valence-corrected chi connectivity index (χ0v) is 20.2. The normalized spacial score (nSPS) is 17.7. The van der Waals surface area contributed by atoms with E-state index in [1.165, 1.54) is 0 Å². The first-order chi connectivity index (χ1) is 17.7. The lowest BCUT2D eigenvalue weighted by Gasteiger charge is -2.37. The summed E-state index contributed by atoms with van der Waals surface area (Å²) < 4.78 is 7.28. The molecule has 4 aromatic rings. The summed E-state index contributed by atoms with van der Waals surface area (Å²) in [6, 6.07) is 5.64. The van der Waals surface area contributed by atoms with E-state index in [9.17, 15) is 4.79 Å². The number of rotatable bonds is 5. The van der Waals surface area contributed by atoms with E-state index < -0.39 is 0 Å². The Morgan fingerprint density at radius 2 is 1.89 bits per heavy atom. The summed E-state index contributed by atoms with van der Waals surface area (Å²) in [7, 11) is 1.87. The maximum absolute atomic E-state index is 13.0. The number of aryl methyl sites for hydroxylation is 1. The number of aromatic nitrogens is 7. The monoisotopic (exact) mass is 488 g/mol. The second kappa shape index (κ2) is 9.61. The van der Waals surface area contributed by atoms with Crippen molar-refractivity contribution in [3.63, 3.8) is 0 Å². The summed E-state index contributed by atoms with van der Waals surface area (Å²) in [6.45, 7) is 4.94. The average Bonchev–Trinajstić information content (AvgIpc) is 3.57. The molecular weight excluding hydrogens is 460 g/mol.